The molecule has 1 aromatic carbocycles. The number of rotatable bonds is 6. The molecule has 0 fully saturated rings. The summed E-state index contributed by atoms with van der Waals surface area (Å²) in [5.41, 5.74) is 1.12. The molecule has 0 aliphatic rings. The van der Waals surface area contributed by atoms with Gasteiger partial charge in [-0.2, -0.15) is 0 Å². The third kappa shape index (κ3) is 3.89. The van der Waals surface area contributed by atoms with E-state index in [4.69, 9.17) is 4.74 Å². The molecule has 0 heterocycles. The van der Waals surface area contributed by atoms with Crippen LogP contribution in [0.25, 0.3) is 0 Å². The highest BCUT2D eigenvalue weighted by Gasteiger charge is 2.10. The minimum Gasteiger partial charge on any atom is -0.496 e. The lowest BCUT2D eigenvalue weighted by molar-refractivity contribution is 0.225. The zero-order valence-corrected chi connectivity index (χ0v) is 12.2. The van der Waals surface area contributed by atoms with Gasteiger partial charge in [-0.1, -0.05) is 6.92 Å². The van der Waals surface area contributed by atoms with Crippen molar-refractivity contribution in [2.75, 3.05) is 32.2 Å². The monoisotopic (exact) mass is 301 g/mol. The van der Waals surface area contributed by atoms with Crippen LogP contribution in [0.1, 0.15) is 13.3 Å². The average molecular weight is 302 g/mol. The Kier molecular flexibility index (Phi) is 5.78. The van der Waals surface area contributed by atoms with Gasteiger partial charge in [0.25, 0.3) is 0 Å². The number of halogens is 1. The van der Waals surface area contributed by atoms with Gasteiger partial charge in [0.15, 0.2) is 0 Å². The van der Waals surface area contributed by atoms with E-state index in [1.54, 1.807) is 7.11 Å². The first-order chi connectivity index (χ1) is 8.12. The van der Waals surface area contributed by atoms with E-state index in [1.807, 2.05) is 25.2 Å². The Bertz CT molecular complexity index is 353. The molecule has 1 N–H and O–H groups in total. The van der Waals surface area contributed by atoms with Gasteiger partial charge < -0.3 is 14.7 Å². The second kappa shape index (κ2) is 6.87. The van der Waals surface area contributed by atoms with Crippen LogP contribution >= 0.6 is 15.9 Å². The molecule has 1 atom stereocenters. The van der Waals surface area contributed by atoms with E-state index in [2.05, 4.69) is 27.8 Å². The predicted octanol–water partition coefficient (Wildman–Crippen LogP) is 2.91. The Hall–Kier alpha value is -0.740. The normalized spacial score (nSPS) is 12.3. The van der Waals surface area contributed by atoms with Gasteiger partial charge in [-0.25, -0.2) is 0 Å². The van der Waals surface area contributed by atoms with Crippen LogP contribution in [0.2, 0.25) is 0 Å². The molecule has 4 heteroatoms. The van der Waals surface area contributed by atoms with Crippen LogP contribution in [0.3, 0.4) is 0 Å². The summed E-state index contributed by atoms with van der Waals surface area (Å²) in [6.45, 7) is 3.18. The van der Waals surface area contributed by atoms with Crippen molar-refractivity contribution in [2.24, 2.45) is 5.92 Å². The molecular weight excluding hydrogens is 282 g/mol. The number of anilines is 1. The van der Waals surface area contributed by atoms with E-state index in [9.17, 15) is 5.11 Å². The molecule has 1 unspecified atom stereocenters. The lowest BCUT2D eigenvalue weighted by Gasteiger charge is -2.24. The van der Waals surface area contributed by atoms with Crippen molar-refractivity contribution in [1.82, 2.24) is 0 Å². The highest BCUT2D eigenvalue weighted by Crippen LogP contribution is 2.29. The van der Waals surface area contributed by atoms with Gasteiger partial charge in [-0.05, 0) is 46.5 Å². The second-order valence-electron chi connectivity index (χ2n) is 4.16. The van der Waals surface area contributed by atoms with Gasteiger partial charge in [-0.15, -0.1) is 0 Å². The molecule has 0 saturated heterocycles. The van der Waals surface area contributed by atoms with Gasteiger partial charge in [0.05, 0.1) is 11.6 Å². The number of methoxy groups -OCH3 is 1. The summed E-state index contributed by atoms with van der Waals surface area (Å²) < 4.78 is 6.14. The van der Waals surface area contributed by atoms with Crippen molar-refractivity contribution < 1.29 is 9.84 Å². The van der Waals surface area contributed by atoms with Gasteiger partial charge in [0, 0.05) is 25.9 Å². The molecular formula is C13H20BrNO2. The van der Waals surface area contributed by atoms with Crippen LogP contribution in [0, 0.1) is 5.92 Å². The van der Waals surface area contributed by atoms with Crippen LogP contribution in [0.5, 0.6) is 5.75 Å². The molecule has 1 rings (SSSR count). The lowest BCUT2D eigenvalue weighted by Crippen LogP contribution is -2.27. The topological polar surface area (TPSA) is 32.7 Å². The third-order valence-corrected chi connectivity index (χ3v) is 3.56. The summed E-state index contributed by atoms with van der Waals surface area (Å²) in [4.78, 5) is 2.15. The third-order valence-electron chi connectivity index (χ3n) is 2.94. The molecule has 96 valence electrons. The first-order valence-electron chi connectivity index (χ1n) is 5.77. The number of benzene rings is 1. The molecule has 3 nitrogen and oxygen atoms in total. The van der Waals surface area contributed by atoms with E-state index < -0.39 is 0 Å². The molecule has 0 bridgehead atoms. The summed E-state index contributed by atoms with van der Waals surface area (Å²) >= 11 is 3.47. The fraction of sp³-hybridized carbons (Fsp3) is 0.538. The summed E-state index contributed by atoms with van der Waals surface area (Å²) in [5.74, 6) is 1.15. The zero-order valence-electron chi connectivity index (χ0n) is 10.6. The summed E-state index contributed by atoms with van der Waals surface area (Å²) in [7, 11) is 3.69. The predicted molar refractivity (Wildman–Crippen MR) is 74.8 cm³/mol. The van der Waals surface area contributed by atoms with E-state index in [0.29, 0.717) is 5.92 Å². The molecule has 0 aliphatic heterocycles. The van der Waals surface area contributed by atoms with E-state index in [1.165, 1.54) is 0 Å². The van der Waals surface area contributed by atoms with Crippen LogP contribution in [0.15, 0.2) is 22.7 Å². The van der Waals surface area contributed by atoms with Gasteiger partial charge in [-0.3, -0.25) is 0 Å². The van der Waals surface area contributed by atoms with Crippen molar-refractivity contribution in [3.63, 3.8) is 0 Å². The number of nitrogens with zero attached hydrogens (tertiary/aromatic N) is 1. The largest absolute Gasteiger partial charge is 0.496 e. The summed E-state index contributed by atoms with van der Waals surface area (Å²) in [6, 6.07) is 5.99. The second-order valence-corrected chi connectivity index (χ2v) is 5.01. The molecule has 17 heavy (non-hydrogen) atoms. The van der Waals surface area contributed by atoms with Crippen LogP contribution < -0.4 is 9.64 Å². The molecule has 0 amide bonds. The lowest BCUT2D eigenvalue weighted by atomic mass is 10.1. The summed E-state index contributed by atoms with van der Waals surface area (Å²) in [5, 5.41) is 9.20. The zero-order chi connectivity index (χ0) is 12.8. The fourth-order valence-corrected chi connectivity index (χ4v) is 2.23. The Morgan fingerprint density at radius 1 is 1.47 bits per heavy atom. The molecule has 0 saturated carbocycles. The maximum Gasteiger partial charge on any atom is 0.133 e. The van der Waals surface area contributed by atoms with E-state index in [0.717, 1.165) is 28.9 Å². The Balaban J connectivity index is 2.75. The van der Waals surface area contributed by atoms with Gasteiger partial charge in [0.2, 0.25) is 0 Å². The quantitative estimate of drug-likeness (QED) is 0.877. The van der Waals surface area contributed by atoms with Crippen LogP contribution in [-0.4, -0.2) is 32.4 Å². The van der Waals surface area contributed by atoms with Crippen LogP contribution in [-0.2, 0) is 0 Å². The minimum absolute atomic E-state index is 0.234. The van der Waals surface area contributed by atoms with Gasteiger partial charge >= 0.3 is 0 Å². The Morgan fingerprint density at radius 2 is 2.18 bits per heavy atom. The number of ether oxygens (including phenoxy) is 1. The number of hydrogen-bond acceptors (Lipinski definition) is 3. The molecule has 0 spiro atoms. The minimum atomic E-state index is 0.234. The van der Waals surface area contributed by atoms with Gasteiger partial charge in [0.1, 0.15) is 5.75 Å². The van der Waals surface area contributed by atoms with Crippen LogP contribution in [0.4, 0.5) is 5.69 Å². The fourth-order valence-electron chi connectivity index (χ4n) is 1.70. The van der Waals surface area contributed by atoms with E-state index >= 15 is 0 Å². The number of hydrogen-bond donors (Lipinski definition) is 1. The molecule has 0 aliphatic carbocycles. The highest BCUT2D eigenvalue weighted by molar-refractivity contribution is 9.10. The maximum atomic E-state index is 9.20. The molecule has 0 radical (unpaired) electrons. The Morgan fingerprint density at radius 3 is 2.65 bits per heavy atom. The van der Waals surface area contributed by atoms with Crippen molar-refractivity contribution in [3.8, 4) is 5.75 Å². The highest BCUT2D eigenvalue weighted by atomic mass is 79.9. The average Bonchev–Trinajstić information content (AvgIpc) is 2.35. The molecule has 0 aromatic heterocycles. The summed E-state index contributed by atoms with van der Waals surface area (Å²) in [6.07, 6.45) is 0.984. The first-order valence-corrected chi connectivity index (χ1v) is 6.57. The van der Waals surface area contributed by atoms with Crippen molar-refractivity contribution in [3.05, 3.63) is 22.7 Å². The number of aliphatic hydroxyl groups excluding tert-OH is 1. The maximum absolute atomic E-state index is 9.20. The standard InChI is InChI=1S/C13H20BrNO2/c1-4-10(9-16)8-15(2)11-5-6-13(17-3)12(14)7-11/h5-7,10,16H,4,8-9H2,1-3H3. The molecule has 1 aromatic rings. The van der Waals surface area contributed by atoms with E-state index in [-0.39, 0.29) is 6.61 Å². The number of aliphatic hydroxyl groups is 1. The first kappa shape index (κ1) is 14.3. The van der Waals surface area contributed by atoms with Crippen molar-refractivity contribution in [2.45, 2.75) is 13.3 Å². The Labute approximate surface area is 112 Å². The van der Waals surface area contributed by atoms with Crippen molar-refractivity contribution in [1.29, 1.82) is 0 Å². The smallest absolute Gasteiger partial charge is 0.133 e. The van der Waals surface area contributed by atoms with Crippen molar-refractivity contribution >= 4 is 21.6 Å². The SMILES string of the molecule is CCC(CO)CN(C)c1ccc(OC)c(Br)c1.